The number of nitriles is 1. The van der Waals surface area contributed by atoms with Gasteiger partial charge in [0.05, 0.1) is 17.0 Å². The molecule has 1 aromatic heterocycles. The molecule has 0 N–H and O–H groups in total. The first-order chi connectivity index (χ1) is 28.7. The molecule has 1 aliphatic carbocycles. The average Bonchev–Trinajstić information content (AvgIpc) is 3.58. The van der Waals surface area contributed by atoms with Gasteiger partial charge in [0, 0.05) is 26.5 Å². The third-order valence-electron chi connectivity index (χ3n) is 11.4. The third-order valence-corrected chi connectivity index (χ3v) is 12.6. The summed E-state index contributed by atoms with van der Waals surface area (Å²) in [5.74, 6) is 1.89. The monoisotopic (exact) mass is 756 g/mol. The second-order valence-corrected chi connectivity index (χ2v) is 15.8. The van der Waals surface area contributed by atoms with E-state index >= 15 is 0 Å². The van der Waals surface area contributed by atoms with E-state index in [-0.39, 0.29) is 0 Å². The smallest absolute Gasteiger partial charge is 0.164 e. The van der Waals surface area contributed by atoms with Crippen LogP contribution in [0.25, 0.3) is 67.5 Å². The molecule has 0 radical (unpaired) electrons. The van der Waals surface area contributed by atoms with Crippen molar-refractivity contribution >= 4 is 11.8 Å². The molecule has 0 bridgehead atoms. The zero-order valence-corrected chi connectivity index (χ0v) is 32.0. The Kier molecular flexibility index (Phi) is 7.99. The first kappa shape index (κ1) is 33.9. The summed E-state index contributed by atoms with van der Waals surface area (Å²) in [5, 5.41) is 9.75. The predicted molar refractivity (Wildman–Crippen MR) is 233 cm³/mol. The van der Waals surface area contributed by atoms with E-state index in [1.807, 2.05) is 90.6 Å². The van der Waals surface area contributed by atoms with Crippen LogP contribution in [-0.2, 0) is 5.41 Å². The Morgan fingerprint density at radius 1 is 0.362 bits per heavy atom. The van der Waals surface area contributed by atoms with Crippen LogP contribution >= 0.6 is 11.8 Å². The summed E-state index contributed by atoms with van der Waals surface area (Å²) in [6.45, 7) is 0. The van der Waals surface area contributed by atoms with Gasteiger partial charge in [-0.25, -0.2) is 15.0 Å². The minimum atomic E-state index is -0.497. The van der Waals surface area contributed by atoms with Gasteiger partial charge in [-0.1, -0.05) is 163 Å². The van der Waals surface area contributed by atoms with Crippen molar-refractivity contribution in [2.45, 2.75) is 15.2 Å². The summed E-state index contributed by atoms with van der Waals surface area (Å²) in [6.07, 6.45) is 0. The molecule has 58 heavy (non-hydrogen) atoms. The summed E-state index contributed by atoms with van der Waals surface area (Å²) in [5.41, 5.74) is 14.7. The number of hydrogen-bond acceptors (Lipinski definition) is 5. The highest BCUT2D eigenvalue weighted by Crippen LogP contribution is 2.62. The van der Waals surface area contributed by atoms with Crippen LogP contribution in [0.3, 0.4) is 0 Å². The van der Waals surface area contributed by atoms with Crippen molar-refractivity contribution in [1.29, 1.82) is 5.26 Å². The summed E-state index contributed by atoms with van der Waals surface area (Å²) >= 11 is 1.85. The second-order valence-electron chi connectivity index (χ2n) is 14.7. The highest BCUT2D eigenvalue weighted by Gasteiger charge is 2.50. The molecule has 270 valence electrons. The lowest BCUT2D eigenvalue weighted by molar-refractivity contribution is 0.722. The zero-order chi connectivity index (χ0) is 38.6. The van der Waals surface area contributed by atoms with Crippen LogP contribution in [-0.4, -0.2) is 15.0 Å². The fraction of sp³-hybridized carbons (Fsp3) is 0.0189. The fourth-order valence-electron chi connectivity index (χ4n) is 8.81. The molecular weight excluding hydrogens is 725 g/mol. The summed E-state index contributed by atoms with van der Waals surface area (Å²) < 4.78 is 0. The Morgan fingerprint density at radius 2 is 0.793 bits per heavy atom. The number of benzene rings is 8. The van der Waals surface area contributed by atoms with Crippen LogP contribution in [0.5, 0.6) is 0 Å². The Bertz CT molecular complexity index is 3010. The molecule has 11 rings (SSSR count). The van der Waals surface area contributed by atoms with Gasteiger partial charge in [-0.2, -0.15) is 5.26 Å². The van der Waals surface area contributed by atoms with Gasteiger partial charge in [0.1, 0.15) is 0 Å². The minimum Gasteiger partial charge on any atom is -0.208 e. The summed E-state index contributed by atoms with van der Waals surface area (Å²) in [7, 11) is 0. The molecule has 0 atom stereocenters. The fourth-order valence-corrected chi connectivity index (χ4v) is 10.0. The molecule has 0 fully saturated rings. The van der Waals surface area contributed by atoms with E-state index in [0.717, 1.165) is 38.9 Å². The maximum absolute atomic E-state index is 9.75. The molecule has 0 saturated carbocycles. The van der Waals surface area contributed by atoms with Crippen molar-refractivity contribution in [1.82, 2.24) is 15.0 Å². The molecule has 0 saturated heterocycles. The lowest BCUT2D eigenvalue weighted by Crippen LogP contribution is -2.31. The maximum atomic E-state index is 9.75. The molecule has 5 heteroatoms. The van der Waals surface area contributed by atoms with Crippen molar-refractivity contribution in [3.8, 4) is 73.6 Å². The molecule has 9 aromatic rings. The van der Waals surface area contributed by atoms with E-state index in [0.29, 0.717) is 23.0 Å². The van der Waals surface area contributed by atoms with Gasteiger partial charge in [-0.3, -0.25) is 0 Å². The molecule has 1 aliphatic heterocycles. The van der Waals surface area contributed by atoms with E-state index in [1.54, 1.807) is 0 Å². The number of aromatic nitrogens is 3. The molecule has 2 aliphatic rings. The van der Waals surface area contributed by atoms with Gasteiger partial charge in [-0.15, -0.1) is 0 Å². The third kappa shape index (κ3) is 5.42. The van der Waals surface area contributed by atoms with Crippen molar-refractivity contribution < 1.29 is 0 Å². The number of nitrogens with zero attached hydrogens (tertiary/aromatic N) is 4. The topological polar surface area (TPSA) is 62.5 Å². The standard InChI is InChI=1S/C53H32N4S/c54-33-34-13-11-18-37(29-34)39-25-27-44-42(31-39)43-32-40(26-28-45(43)53(44)46-21-7-9-23-48(46)58-49-24-10-8-22-47(49)53)38-19-12-20-41(30-38)52-56-50(35-14-3-1-4-15-35)55-51(57-52)36-16-5-2-6-17-36/h1-32H. The van der Waals surface area contributed by atoms with E-state index in [9.17, 15) is 5.26 Å². The largest absolute Gasteiger partial charge is 0.208 e. The van der Waals surface area contributed by atoms with Crippen molar-refractivity contribution in [2.24, 2.45) is 0 Å². The lowest BCUT2D eigenvalue weighted by Gasteiger charge is -2.39. The molecule has 8 aromatic carbocycles. The summed E-state index contributed by atoms with van der Waals surface area (Å²) in [4.78, 5) is 17.5. The van der Waals surface area contributed by atoms with Crippen LogP contribution in [0, 0.1) is 11.3 Å². The van der Waals surface area contributed by atoms with E-state index < -0.39 is 5.41 Å². The van der Waals surface area contributed by atoms with Gasteiger partial charge in [0.25, 0.3) is 0 Å². The highest BCUT2D eigenvalue weighted by atomic mass is 32.2. The van der Waals surface area contributed by atoms with Crippen LogP contribution in [0.1, 0.15) is 27.8 Å². The normalized spacial score (nSPS) is 12.9. The quantitative estimate of drug-likeness (QED) is 0.175. The molecule has 0 amide bonds. The first-order valence-electron chi connectivity index (χ1n) is 19.3. The average molecular weight is 757 g/mol. The molecule has 0 unspecified atom stereocenters. The highest BCUT2D eigenvalue weighted by molar-refractivity contribution is 7.99. The summed E-state index contributed by atoms with van der Waals surface area (Å²) in [6, 6.07) is 70.5. The molecule has 1 spiro atoms. The van der Waals surface area contributed by atoms with Crippen molar-refractivity contribution in [2.75, 3.05) is 0 Å². The molecule has 4 nitrogen and oxygen atoms in total. The van der Waals surface area contributed by atoms with Gasteiger partial charge in [-0.05, 0) is 98.1 Å². The van der Waals surface area contributed by atoms with E-state index in [2.05, 4.69) is 121 Å². The van der Waals surface area contributed by atoms with Crippen molar-refractivity contribution in [3.63, 3.8) is 0 Å². The zero-order valence-electron chi connectivity index (χ0n) is 31.2. The number of hydrogen-bond donors (Lipinski definition) is 0. The maximum Gasteiger partial charge on any atom is 0.164 e. The van der Waals surface area contributed by atoms with Crippen LogP contribution < -0.4 is 0 Å². The first-order valence-corrected chi connectivity index (χ1v) is 20.1. The van der Waals surface area contributed by atoms with Gasteiger partial charge in [0.15, 0.2) is 17.5 Å². The van der Waals surface area contributed by atoms with Gasteiger partial charge >= 0.3 is 0 Å². The minimum absolute atomic E-state index is 0.497. The number of fused-ring (bicyclic) bond motifs is 9. The van der Waals surface area contributed by atoms with Crippen LogP contribution in [0.2, 0.25) is 0 Å². The Hall–Kier alpha value is -7.39. The SMILES string of the molecule is N#Cc1cccc(-c2ccc3c(c2)-c2cc(-c4cccc(-c5nc(-c6ccccc6)nc(-c6ccccc6)n5)c4)ccc2C32c3ccccc3Sc3ccccc32)c1. The molecule has 2 heterocycles. The van der Waals surface area contributed by atoms with Gasteiger partial charge < -0.3 is 0 Å². The van der Waals surface area contributed by atoms with E-state index in [1.165, 1.54) is 43.2 Å². The number of rotatable bonds is 5. The molecular formula is C53H32N4S. The predicted octanol–water partition coefficient (Wildman–Crippen LogP) is 12.9. The second kappa shape index (κ2) is 13.7. The van der Waals surface area contributed by atoms with E-state index in [4.69, 9.17) is 15.0 Å². The Labute approximate surface area is 341 Å². The van der Waals surface area contributed by atoms with Crippen LogP contribution in [0.15, 0.2) is 204 Å². The van der Waals surface area contributed by atoms with Gasteiger partial charge in [0.2, 0.25) is 0 Å². The van der Waals surface area contributed by atoms with Crippen LogP contribution in [0.4, 0.5) is 0 Å². The lowest BCUT2D eigenvalue weighted by atomic mass is 9.67. The Morgan fingerprint density at radius 3 is 1.34 bits per heavy atom. The van der Waals surface area contributed by atoms with Crippen molar-refractivity contribution in [3.05, 3.63) is 222 Å². The Balaban J connectivity index is 1.11.